The van der Waals surface area contributed by atoms with Crippen LogP contribution < -0.4 is 5.32 Å². The first kappa shape index (κ1) is 22.0. The highest BCUT2D eigenvalue weighted by Gasteiger charge is 2.25. The maximum Gasteiger partial charge on any atom is 0.274 e. The summed E-state index contributed by atoms with van der Waals surface area (Å²) in [7, 11) is 0. The molecule has 2 aromatic heterocycles. The maximum atomic E-state index is 14.5. The quantitative estimate of drug-likeness (QED) is 0.588. The molecule has 0 bridgehead atoms. The molecule has 1 saturated carbocycles. The van der Waals surface area contributed by atoms with Gasteiger partial charge in [-0.05, 0) is 73.9 Å². The molecule has 3 aromatic rings. The number of aromatic nitrogens is 2. The van der Waals surface area contributed by atoms with Gasteiger partial charge >= 0.3 is 0 Å². The van der Waals surface area contributed by atoms with E-state index in [2.05, 4.69) is 15.3 Å². The van der Waals surface area contributed by atoms with Crippen LogP contribution >= 0.6 is 0 Å². The summed E-state index contributed by atoms with van der Waals surface area (Å²) in [5, 5.41) is 12.5. The van der Waals surface area contributed by atoms with Gasteiger partial charge in [-0.3, -0.25) is 9.78 Å². The predicted octanol–water partition coefficient (Wildman–Crippen LogP) is 5.14. The number of hydrogen-bond donors (Lipinski definition) is 2. The summed E-state index contributed by atoms with van der Waals surface area (Å²) >= 11 is 0. The molecule has 1 aliphatic rings. The molecule has 5 nitrogen and oxygen atoms in total. The van der Waals surface area contributed by atoms with E-state index in [4.69, 9.17) is 0 Å². The molecule has 1 amide bonds. The molecule has 4 rings (SSSR count). The zero-order chi connectivity index (χ0) is 22.8. The van der Waals surface area contributed by atoms with Crippen LogP contribution in [0.1, 0.15) is 53.2 Å². The zero-order valence-electron chi connectivity index (χ0n) is 17.4. The van der Waals surface area contributed by atoms with Crippen molar-refractivity contribution in [2.24, 2.45) is 0 Å². The highest BCUT2D eigenvalue weighted by Crippen LogP contribution is 2.36. The van der Waals surface area contributed by atoms with E-state index in [1.807, 2.05) is 6.07 Å². The van der Waals surface area contributed by atoms with Crippen molar-refractivity contribution in [2.45, 2.75) is 44.6 Å². The Morgan fingerprint density at radius 3 is 2.50 bits per heavy atom. The first-order valence-corrected chi connectivity index (χ1v) is 10.4. The SMILES string of the molecule is Cc1ccc(F)c(-c2nc(C(=O)Nc3cnccc3[C@H]3CC[C@@H](O)CC3)ccc2F)c1F. The molecule has 32 heavy (non-hydrogen) atoms. The van der Waals surface area contributed by atoms with Crippen molar-refractivity contribution in [3.05, 3.63) is 77.0 Å². The molecule has 166 valence electrons. The second-order valence-electron chi connectivity index (χ2n) is 8.00. The van der Waals surface area contributed by atoms with Crippen molar-refractivity contribution < 1.29 is 23.1 Å². The number of nitrogens with one attached hydrogen (secondary N) is 1. The molecule has 8 heteroatoms. The molecule has 0 radical (unpaired) electrons. The fourth-order valence-electron chi connectivity index (χ4n) is 4.06. The Kier molecular flexibility index (Phi) is 6.23. The molecule has 1 aliphatic carbocycles. The van der Waals surface area contributed by atoms with Gasteiger partial charge in [0.05, 0.1) is 23.6 Å². The maximum absolute atomic E-state index is 14.5. The molecular formula is C24H22F3N3O2. The summed E-state index contributed by atoms with van der Waals surface area (Å²) in [6.45, 7) is 1.43. The second kappa shape index (κ2) is 9.08. The predicted molar refractivity (Wildman–Crippen MR) is 114 cm³/mol. The van der Waals surface area contributed by atoms with E-state index in [1.165, 1.54) is 19.2 Å². The smallest absolute Gasteiger partial charge is 0.274 e. The van der Waals surface area contributed by atoms with E-state index in [-0.39, 0.29) is 23.3 Å². The Hall–Kier alpha value is -3.26. The molecule has 2 heterocycles. The number of anilines is 1. The molecular weight excluding hydrogens is 419 g/mol. The molecule has 0 atom stereocenters. The third kappa shape index (κ3) is 4.36. The number of halogens is 3. The summed E-state index contributed by atoms with van der Waals surface area (Å²) in [5.74, 6) is -3.32. The zero-order valence-corrected chi connectivity index (χ0v) is 17.4. The Morgan fingerprint density at radius 1 is 1.03 bits per heavy atom. The lowest BCUT2D eigenvalue weighted by molar-refractivity contribution is 0.102. The molecule has 1 aromatic carbocycles. The molecule has 1 fully saturated rings. The number of aliphatic hydroxyl groups excluding tert-OH is 1. The molecule has 0 saturated heterocycles. The Morgan fingerprint density at radius 2 is 1.75 bits per heavy atom. The third-order valence-electron chi connectivity index (χ3n) is 5.84. The number of carbonyl (C=O) groups is 1. The standard InChI is InChI=1S/C24H22F3N3O2/c1-13-2-7-17(25)21(22(13)27)23-18(26)8-9-19(29-23)24(32)30-20-12-28-11-10-16(20)14-3-5-15(31)6-4-14/h2,7-12,14-15,31H,3-6H2,1H3,(H,30,32)/t14-,15+. The van der Waals surface area contributed by atoms with Gasteiger partial charge in [-0.25, -0.2) is 18.2 Å². The van der Waals surface area contributed by atoms with E-state index in [0.717, 1.165) is 36.6 Å². The first-order valence-electron chi connectivity index (χ1n) is 10.4. The summed E-state index contributed by atoms with van der Waals surface area (Å²) < 4.78 is 43.2. The Bertz CT molecular complexity index is 1160. The monoisotopic (exact) mass is 441 g/mol. The van der Waals surface area contributed by atoms with Gasteiger partial charge in [-0.2, -0.15) is 0 Å². The van der Waals surface area contributed by atoms with Gasteiger partial charge in [-0.1, -0.05) is 6.07 Å². The van der Waals surface area contributed by atoms with Gasteiger partial charge in [-0.15, -0.1) is 0 Å². The van der Waals surface area contributed by atoms with Crippen molar-refractivity contribution >= 4 is 11.6 Å². The Labute approximate surface area is 183 Å². The van der Waals surface area contributed by atoms with Gasteiger partial charge in [0, 0.05) is 6.20 Å². The summed E-state index contributed by atoms with van der Waals surface area (Å²) in [6, 6.07) is 6.22. The van der Waals surface area contributed by atoms with E-state index in [1.54, 1.807) is 6.20 Å². The summed E-state index contributed by atoms with van der Waals surface area (Å²) in [6.07, 6.45) is 5.75. The average Bonchev–Trinajstić information content (AvgIpc) is 2.79. The fraction of sp³-hybridized carbons (Fsp3) is 0.292. The minimum atomic E-state index is -0.967. The number of aryl methyl sites for hydroxylation is 1. The lowest BCUT2D eigenvalue weighted by atomic mass is 9.82. The van der Waals surface area contributed by atoms with Crippen molar-refractivity contribution in [1.82, 2.24) is 9.97 Å². The highest BCUT2D eigenvalue weighted by molar-refractivity contribution is 6.03. The van der Waals surface area contributed by atoms with E-state index < -0.39 is 34.6 Å². The molecule has 0 spiro atoms. The van der Waals surface area contributed by atoms with Crippen LogP contribution in [0, 0.1) is 24.4 Å². The van der Waals surface area contributed by atoms with Crippen molar-refractivity contribution in [1.29, 1.82) is 0 Å². The van der Waals surface area contributed by atoms with Gasteiger partial charge < -0.3 is 10.4 Å². The highest BCUT2D eigenvalue weighted by atomic mass is 19.1. The number of pyridine rings is 2. The minimum Gasteiger partial charge on any atom is -0.393 e. The van der Waals surface area contributed by atoms with Gasteiger partial charge in [0.15, 0.2) is 0 Å². The minimum absolute atomic E-state index is 0.134. The number of rotatable bonds is 4. The number of nitrogens with zero attached hydrogens (tertiary/aromatic N) is 2. The van der Waals surface area contributed by atoms with Crippen LogP contribution in [-0.2, 0) is 0 Å². The molecule has 2 N–H and O–H groups in total. The fourth-order valence-corrected chi connectivity index (χ4v) is 4.06. The number of amides is 1. The van der Waals surface area contributed by atoms with E-state index in [9.17, 15) is 23.1 Å². The largest absolute Gasteiger partial charge is 0.393 e. The van der Waals surface area contributed by atoms with Crippen LogP contribution in [0.2, 0.25) is 0 Å². The lowest BCUT2D eigenvalue weighted by Crippen LogP contribution is -2.20. The van der Waals surface area contributed by atoms with Crippen LogP contribution in [0.4, 0.5) is 18.9 Å². The lowest BCUT2D eigenvalue weighted by Gasteiger charge is -2.27. The van der Waals surface area contributed by atoms with E-state index >= 15 is 0 Å². The van der Waals surface area contributed by atoms with Crippen LogP contribution in [-0.4, -0.2) is 27.1 Å². The van der Waals surface area contributed by atoms with Crippen LogP contribution in [0.25, 0.3) is 11.3 Å². The number of carbonyl (C=O) groups excluding carboxylic acids is 1. The summed E-state index contributed by atoms with van der Waals surface area (Å²) in [5.41, 5.74) is 0.146. The average molecular weight is 441 g/mol. The van der Waals surface area contributed by atoms with Crippen LogP contribution in [0.3, 0.4) is 0 Å². The van der Waals surface area contributed by atoms with Gasteiger partial charge in [0.1, 0.15) is 28.8 Å². The van der Waals surface area contributed by atoms with Gasteiger partial charge in [0.25, 0.3) is 5.91 Å². The Balaban J connectivity index is 1.64. The number of hydrogen-bond acceptors (Lipinski definition) is 4. The second-order valence-corrected chi connectivity index (χ2v) is 8.00. The van der Waals surface area contributed by atoms with Gasteiger partial charge in [0.2, 0.25) is 0 Å². The van der Waals surface area contributed by atoms with Crippen molar-refractivity contribution in [3.63, 3.8) is 0 Å². The molecule has 0 unspecified atom stereocenters. The number of aliphatic hydroxyl groups is 1. The number of benzene rings is 1. The topological polar surface area (TPSA) is 75.1 Å². The third-order valence-corrected chi connectivity index (χ3v) is 5.84. The van der Waals surface area contributed by atoms with Crippen molar-refractivity contribution in [3.8, 4) is 11.3 Å². The first-order chi connectivity index (χ1) is 15.3. The summed E-state index contributed by atoms with van der Waals surface area (Å²) in [4.78, 5) is 20.9. The van der Waals surface area contributed by atoms with Crippen molar-refractivity contribution in [2.75, 3.05) is 5.32 Å². The molecule has 0 aliphatic heterocycles. The van der Waals surface area contributed by atoms with E-state index in [0.29, 0.717) is 18.5 Å². The normalized spacial score (nSPS) is 18.4. The van der Waals surface area contributed by atoms with Crippen LogP contribution in [0.5, 0.6) is 0 Å². The van der Waals surface area contributed by atoms with Crippen LogP contribution in [0.15, 0.2) is 42.7 Å².